The van der Waals surface area contributed by atoms with E-state index < -0.39 is 17.6 Å². The second-order valence-corrected chi connectivity index (χ2v) is 11.6. The Morgan fingerprint density at radius 2 is 0.759 bits per heavy atom. The smallest absolute Gasteiger partial charge is 0.467 e. The van der Waals surface area contributed by atoms with Crippen LogP contribution in [0.1, 0.15) is 54.4 Å². The molecule has 0 atom stereocenters. The van der Waals surface area contributed by atoms with Crippen molar-refractivity contribution in [3.63, 3.8) is 0 Å². The summed E-state index contributed by atoms with van der Waals surface area (Å²) in [7, 11) is -5.43. The molecule has 0 heterocycles. The van der Waals surface area contributed by atoms with E-state index in [0.29, 0.717) is 76.1 Å². The molecule has 0 bridgehead atoms. The van der Waals surface area contributed by atoms with Crippen molar-refractivity contribution in [2.24, 2.45) is 0 Å². The summed E-state index contributed by atoms with van der Waals surface area (Å²) in [6, 6.07) is 1.23. The summed E-state index contributed by atoms with van der Waals surface area (Å²) >= 11 is 0. The summed E-state index contributed by atoms with van der Waals surface area (Å²) in [5.74, 6) is 1.23. The maximum Gasteiger partial charge on any atom is 0.501 e. The molecular formula is C20H42O7Si2. The number of hydrogen-bond acceptors (Lipinski definition) is 7. The van der Waals surface area contributed by atoms with Crippen LogP contribution in [0.5, 0.6) is 0 Å². The first-order chi connectivity index (χ1) is 13.9. The molecule has 0 aromatic rings. The van der Waals surface area contributed by atoms with Gasteiger partial charge in [-0.2, -0.15) is 0 Å². The molecule has 0 saturated heterocycles. The molecule has 0 aliphatic carbocycles. The van der Waals surface area contributed by atoms with Gasteiger partial charge in [0.1, 0.15) is 0 Å². The van der Waals surface area contributed by atoms with E-state index in [1.165, 1.54) is 0 Å². The lowest BCUT2D eigenvalue weighted by Crippen LogP contribution is -2.46. The molecule has 0 aliphatic heterocycles. The fourth-order valence-corrected chi connectivity index (χ4v) is 8.07. The summed E-state index contributed by atoms with van der Waals surface area (Å²) in [6.07, 6.45) is 1.16. The SMILES string of the molecule is C=C(CC[Si](OCC)(OCC)OCC)OC(=C)CC[Si](OCC)(OCC)OCC. The van der Waals surface area contributed by atoms with Crippen molar-refractivity contribution in [3.05, 3.63) is 24.7 Å². The molecule has 172 valence electrons. The van der Waals surface area contributed by atoms with E-state index in [9.17, 15) is 0 Å². The van der Waals surface area contributed by atoms with E-state index in [1.54, 1.807) is 0 Å². The maximum absolute atomic E-state index is 5.87. The third-order valence-corrected chi connectivity index (χ3v) is 9.99. The van der Waals surface area contributed by atoms with Crippen LogP contribution in [0.3, 0.4) is 0 Å². The van der Waals surface area contributed by atoms with Crippen LogP contribution in [0.4, 0.5) is 0 Å². The summed E-state index contributed by atoms with van der Waals surface area (Å²) in [5, 5.41) is 0. The van der Waals surface area contributed by atoms with Crippen molar-refractivity contribution in [2.45, 2.75) is 66.5 Å². The summed E-state index contributed by atoms with van der Waals surface area (Å²) < 4.78 is 41.1. The minimum Gasteiger partial charge on any atom is -0.467 e. The van der Waals surface area contributed by atoms with Crippen LogP contribution in [-0.2, 0) is 31.3 Å². The van der Waals surface area contributed by atoms with E-state index in [-0.39, 0.29) is 0 Å². The minimum absolute atomic E-state index is 0.547. The molecule has 0 rings (SSSR count). The molecule has 0 aromatic carbocycles. The number of allylic oxidation sites excluding steroid dienone is 2. The lowest BCUT2D eigenvalue weighted by atomic mass is 10.4. The molecule has 9 heteroatoms. The first-order valence-electron chi connectivity index (χ1n) is 10.7. The Balaban J connectivity index is 4.72. The Labute approximate surface area is 180 Å². The van der Waals surface area contributed by atoms with Gasteiger partial charge in [-0.1, -0.05) is 13.2 Å². The van der Waals surface area contributed by atoms with Crippen molar-refractivity contribution in [1.29, 1.82) is 0 Å². The standard InChI is InChI=1S/C20H42O7Si2/c1-9-21-28(22-10-2,23-11-3)17-15-19(7)27-20(8)16-18-29(24-12-4,25-13-5)26-14-6/h7-18H2,1-6H3. The topological polar surface area (TPSA) is 64.6 Å². The van der Waals surface area contributed by atoms with Crippen LogP contribution >= 0.6 is 0 Å². The quantitative estimate of drug-likeness (QED) is 0.193. The van der Waals surface area contributed by atoms with Crippen molar-refractivity contribution in [1.82, 2.24) is 0 Å². The monoisotopic (exact) mass is 450 g/mol. The van der Waals surface area contributed by atoms with Gasteiger partial charge in [0.15, 0.2) is 0 Å². The Morgan fingerprint density at radius 1 is 0.517 bits per heavy atom. The van der Waals surface area contributed by atoms with Gasteiger partial charge in [0, 0.05) is 64.6 Å². The Morgan fingerprint density at radius 3 is 0.966 bits per heavy atom. The molecule has 7 nitrogen and oxygen atoms in total. The highest BCUT2D eigenvalue weighted by Crippen LogP contribution is 2.25. The highest BCUT2D eigenvalue weighted by molar-refractivity contribution is 6.61. The van der Waals surface area contributed by atoms with Gasteiger partial charge in [-0.25, -0.2) is 0 Å². The lowest BCUT2D eigenvalue weighted by molar-refractivity contribution is 0.0699. The van der Waals surface area contributed by atoms with E-state index in [2.05, 4.69) is 13.2 Å². The van der Waals surface area contributed by atoms with Gasteiger partial charge in [-0.05, 0) is 41.5 Å². The van der Waals surface area contributed by atoms with Gasteiger partial charge >= 0.3 is 17.6 Å². The number of rotatable bonds is 20. The van der Waals surface area contributed by atoms with E-state index in [0.717, 1.165) is 0 Å². The average Bonchev–Trinajstić information content (AvgIpc) is 2.66. The van der Waals surface area contributed by atoms with Crippen molar-refractivity contribution < 1.29 is 31.3 Å². The molecule has 0 fully saturated rings. The van der Waals surface area contributed by atoms with Crippen LogP contribution < -0.4 is 0 Å². The predicted molar refractivity (Wildman–Crippen MR) is 119 cm³/mol. The largest absolute Gasteiger partial charge is 0.501 e. The molecule has 0 spiro atoms. The highest BCUT2D eigenvalue weighted by Gasteiger charge is 2.41. The van der Waals surface area contributed by atoms with Crippen LogP contribution in [0.2, 0.25) is 12.1 Å². The normalized spacial score (nSPS) is 12.2. The first-order valence-corrected chi connectivity index (χ1v) is 14.6. The van der Waals surface area contributed by atoms with Gasteiger partial charge in [0.2, 0.25) is 0 Å². The van der Waals surface area contributed by atoms with Gasteiger partial charge in [0.05, 0.1) is 11.5 Å². The van der Waals surface area contributed by atoms with E-state index in [4.69, 9.17) is 31.3 Å². The Bertz CT molecular complexity index is 386. The Kier molecular flexibility index (Phi) is 15.9. The van der Waals surface area contributed by atoms with Gasteiger partial charge < -0.3 is 31.3 Å². The highest BCUT2D eigenvalue weighted by atomic mass is 28.4. The first kappa shape index (κ1) is 28.5. The number of ether oxygens (including phenoxy) is 1. The molecule has 0 N–H and O–H groups in total. The maximum atomic E-state index is 5.87. The zero-order valence-corrected chi connectivity index (χ0v) is 21.3. The van der Waals surface area contributed by atoms with Crippen molar-refractivity contribution in [2.75, 3.05) is 39.6 Å². The predicted octanol–water partition coefficient (Wildman–Crippen LogP) is 4.91. The third kappa shape index (κ3) is 11.4. The van der Waals surface area contributed by atoms with Crippen LogP contribution in [-0.4, -0.2) is 57.3 Å². The number of hydrogen-bond donors (Lipinski definition) is 0. The average molecular weight is 451 g/mol. The molecule has 0 aromatic heterocycles. The zero-order valence-electron chi connectivity index (χ0n) is 19.3. The fourth-order valence-electron chi connectivity index (χ4n) is 2.89. The zero-order chi connectivity index (χ0) is 22.2. The van der Waals surface area contributed by atoms with Crippen LogP contribution in [0.25, 0.3) is 0 Å². The molecule has 0 aliphatic rings. The lowest BCUT2D eigenvalue weighted by Gasteiger charge is -2.29. The summed E-state index contributed by atoms with van der Waals surface area (Å²) in [4.78, 5) is 0. The Hall–Kier alpha value is -0.526. The van der Waals surface area contributed by atoms with Gasteiger partial charge in [-0.15, -0.1) is 0 Å². The fraction of sp³-hybridized carbons (Fsp3) is 0.800. The van der Waals surface area contributed by atoms with Crippen molar-refractivity contribution in [3.8, 4) is 0 Å². The molecule has 0 amide bonds. The van der Waals surface area contributed by atoms with Crippen LogP contribution in [0, 0.1) is 0 Å². The molecule has 0 unspecified atom stereocenters. The molecule has 0 saturated carbocycles. The van der Waals surface area contributed by atoms with Gasteiger partial charge in [0.25, 0.3) is 0 Å². The summed E-state index contributed by atoms with van der Waals surface area (Å²) in [5.41, 5.74) is 0. The second-order valence-electron chi connectivity index (χ2n) is 6.14. The molecule has 29 heavy (non-hydrogen) atoms. The molecule has 0 radical (unpaired) electrons. The summed E-state index contributed by atoms with van der Waals surface area (Å²) in [6.45, 7) is 23.0. The van der Waals surface area contributed by atoms with Crippen molar-refractivity contribution >= 4 is 17.6 Å². The van der Waals surface area contributed by atoms with Crippen LogP contribution in [0.15, 0.2) is 24.7 Å². The van der Waals surface area contributed by atoms with E-state index in [1.807, 2.05) is 41.5 Å². The second kappa shape index (κ2) is 16.2. The van der Waals surface area contributed by atoms with Gasteiger partial charge in [-0.3, -0.25) is 0 Å². The third-order valence-electron chi connectivity index (χ3n) is 3.89. The minimum atomic E-state index is -2.71. The van der Waals surface area contributed by atoms with E-state index >= 15 is 0 Å². The molecular weight excluding hydrogens is 408 g/mol.